The normalized spacial score (nSPS) is 10.7. The molecule has 0 aliphatic rings. The number of hydrogen-bond donors (Lipinski definition) is 1. The van der Waals surface area contributed by atoms with Crippen molar-refractivity contribution in [2.45, 2.75) is 26.9 Å². The van der Waals surface area contributed by atoms with E-state index in [1.807, 2.05) is 46.1 Å². The van der Waals surface area contributed by atoms with Gasteiger partial charge in [0.15, 0.2) is 5.82 Å². The van der Waals surface area contributed by atoms with Crippen molar-refractivity contribution < 1.29 is 4.74 Å². The molecule has 0 unspecified atom stereocenters. The Labute approximate surface area is 106 Å². The maximum atomic E-state index is 5.56. The van der Waals surface area contributed by atoms with Gasteiger partial charge in [-0.1, -0.05) is 0 Å². The van der Waals surface area contributed by atoms with Gasteiger partial charge in [0.2, 0.25) is 11.8 Å². The minimum atomic E-state index is 0.0852. The number of anilines is 2. The van der Waals surface area contributed by atoms with Crippen molar-refractivity contribution in [1.29, 1.82) is 0 Å². The molecule has 2 aromatic rings. The van der Waals surface area contributed by atoms with Gasteiger partial charge in [-0.05, 0) is 20.8 Å². The van der Waals surface area contributed by atoms with Gasteiger partial charge in [0.05, 0.1) is 6.10 Å². The van der Waals surface area contributed by atoms with Gasteiger partial charge in [-0.2, -0.15) is 10.1 Å². The van der Waals surface area contributed by atoms with E-state index in [-0.39, 0.29) is 6.10 Å². The highest BCUT2D eigenvalue weighted by atomic mass is 16.5. The molecule has 0 spiro atoms. The number of nitrogens with one attached hydrogen (secondary N) is 1. The van der Waals surface area contributed by atoms with Crippen LogP contribution in [-0.2, 0) is 7.05 Å². The Kier molecular flexibility index (Phi) is 3.45. The number of ether oxygens (including phenoxy) is 1. The first-order chi connectivity index (χ1) is 8.52. The van der Waals surface area contributed by atoms with Crippen LogP contribution >= 0.6 is 0 Å². The summed E-state index contributed by atoms with van der Waals surface area (Å²) in [5.41, 5.74) is 0.846. The van der Waals surface area contributed by atoms with E-state index in [0.29, 0.717) is 17.6 Å². The summed E-state index contributed by atoms with van der Waals surface area (Å²) in [6.45, 7) is 5.82. The number of aryl methyl sites for hydroxylation is 2. The van der Waals surface area contributed by atoms with E-state index in [4.69, 9.17) is 4.74 Å². The lowest BCUT2D eigenvalue weighted by Gasteiger charge is -2.10. The Morgan fingerprint density at radius 2 is 2.11 bits per heavy atom. The molecule has 0 fully saturated rings. The molecule has 0 aliphatic carbocycles. The smallest absolute Gasteiger partial charge is 0.231 e. The van der Waals surface area contributed by atoms with Crippen LogP contribution in [0.3, 0.4) is 0 Å². The third-order valence-electron chi connectivity index (χ3n) is 2.14. The highest BCUT2D eigenvalue weighted by molar-refractivity contribution is 5.47. The van der Waals surface area contributed by atoms with E-state index in [1.54, 1.807) is 4.68 Å². The Balaban J connectivity index is 2.19. The summed E-state index contributed by atoms with van der Waals surface area (Å²) in [6, 6.07) is 3.66. The van der Waals surface area contributed by atoms with Crippen LogP contribution in [0.4, 0.5) is 11.8 Å². The van der Waals surface area contributed by atoms with Gasteiger partial charge in [-0.3, -0.25) is 4.68 Å². The second kappa shape index (κ2) is 5.03. The van der Waals surface area contributed by atoms with Gasteiger partial charge in [0.25, 0.3) is 0 Å². The van der Waals surface area contributed by atoms with E-state index in [0.717, 1.165) is 5.69 Å². The highest BCUT2D eigenvalue weighted by Crippen LogP contribution is 2.16. The van der Waals surface area contributed by atoms with Crippen LogP contribution in [-0.4, -0.2) is 25.9 Å². The molecule has 0 aromatic carbocycles. The van der Waals surface area contributed by atoms with E-state index < -0.39 is 0 Å². The Bertz CT molecular complexity index is 535. The summed E-state index contributed by atoms with van der Waals surface area (Å²) in [5.74, 6) is 1.76. The minimum absolute atomic E-state index is 0.0852. The number of hydrogen-bond acceptors (Lipinski definition) is 5. The van der Waals surface area contributed by atoms with Crippen LogP contribution in [0.15, 0.2) is 18.3 Å². The molecule has 0 aliphatic heterocycles. The first kappa shape index (κ1) is 12.3. The topological polar surface area (TPSA) is 64.9 Å². The van der Waals surface area contributed by atoms with E-state index in [1.165, 1.54) is 0 Å². The highest BCUT2D eigenvalue weighted by Gasteiger charge is 2.06. The molecule has 18 heavy (non-hydrogen) atoms. The molecule has 0 bridgehead atoms. The van der Waals surface area contributed by atoms with Crippen LogP contribution in [0.5, 0.6) is 5.88 Å². The summed E-state index contributed by atoms with van der Waals surface area (Å²) in [5, 5.41) is 7.26. The van der Waals surface area contributed by atoms with E-state index in [9.17, 15) is 0 Å². The van der Waals surface area contributed by atoms with Gasteiger partial charge in [0.1, 0.15) is 0 Å². The van der Waals surface area contributed by atoms with E-state index in [2.05, 4.69) is 20.4 Å². The molecule has 2 aromatic heterocycles. The molecule has 0 saturated heterocycles. The average Bonchev–Trinajstić information content (AvgIpc) is 2.61. The van der Waals surface area contributed by atoms with Crippen molar-refractivity contribution in [2.24, 2.45) is 7.05 Å². The largest absolute Gasteiger partial charge is 0.475 e. The van der Waals surface area contributed by atoms with Crippen LogP contribution in [0.1, 0.15) is 19.5 Å². The molecule has 96 valence electrons. The molecule has 2 heterocycles. The average molecular weight is 247 g/mol. The molecule has 6 nitrogen and oxygen atoms in total. The third-order valence-corrected chi connectivity index (χ3v) is 2.14. The second-order valence-electron chi connectivity index (χ2n) is 4.34. The molecular formula is C12H17N5O. The fourth-order valence-electron chi connectivity index (χ4n) is 1.49. The molecular weight excluding hydrogens is 230 g/mol. The molecule has 1 N–H and O–H groups in total. The number of nitrogens with zero attached hydrogens (tertiary/aromatic N) is 4. The zero-order valence-electron chi connectivity index (χ0n) is 11.0. The summed E-state index contributed by atoms with van der Waals surface area (Å²) < 4.78 is 7.27. The molecule has 2 rings (SSSR count). The predicted molar refractivity (Wildman–Crippen MR) is 69.0 cm³/mol. The van der Waals surface area contributed by atoms with Gasteiger partial charge >= 0.3 is 0 Å². The quantitative estimate of drug-likeness (QED) is 0.895. The summed E-state index contributed by atoms with van der Waals surface area (Å²) in [6.07, 6.45) is 1.94. The summed E-state index contributed by atoms with van der Waals surface area (Å²) in [4.78, 5) is 8.58. The van der Waals surface area contributed by atoms with Gasteiger partial charge in [-0.25, -0.2) is 4.98 Å². The lowest BCUT2D eigenvalue weighted by atomic mass is 10.4. The van der Waals surface area contributed by atoms with Gasteiger partial charge in [-0.15, -0.1) is 0 Å². The van der Waals surface area contributed by atoms with Crippen molar-refractivity contribution in [3.05, 3.63) is 24.0 Å². The lowest BCUT2D eigenvalue weighted by Crippen LogP contribution is -2.09. The zero-order chi connectivity index (χ0) is 13.1. The van der Waals surface area contributed by atoms with Crippen molar-refractivity contribution in [1.82, 2.24) is 19.7 Å². The molecule has 0 saturated carbocycles. The fraction of sp³-hybridized carbons (Fsp3) is 0.417. The SMILES string of the molecule is Cc1cc(OC(C)C)nc(Nc2ccn(C)n2)n1. The van der Waals surface area contributed by atoms with Crippen LogP contribution in [0.25, 0.3) is 0 Å². The monoisotopic (exact) mass is 247 g/mol. The Hall–Kier alpha value is -2.11. The van der Waals surface area contributed by atoms with Gasteiger partial charge in [0, 0.05) is 31.1 Å². The maximum Gasteiger partial charge on any atom is 0.231 e. The van der Waals surface area contributed by atoms with Crippen molar-refractivity contribution >= 4 is 11.8 Å². The Morgan fingerprint density at radius 1 is 1.33 bits per heavy atom. The van der Waals surface area contributed by atoms with E-state index >= 15 is 0 Å². The van der Waals surface area contributed by atoms with Crippen LogP contribution < -0.4 is 10.1 Å². The van der Waals surface area contributed by atoms with Crippen LogP contribution in [0, 0.1) is 6.92 Å². The number of aromatic nitrogens is 4. The second-order valence-corrected chi connectivity index (χ2v) is 4.34. The summed E-state index contributed by atoms with van der Waals surface area (Å²) >= 11 is 0. The molecule has 0 amide bonds. The molecule has 0 atom stereocenters. The van der Waals surface area contributed by atoms with Crippen molar-refractivity contribution in [2.75, 3.05) is 5.32 Å². The van der Waals surface area contributed by atoms with Gasteiger partial charge < -0.3 is 10.1 Å². The number of rotatable bonds is 4. The minimum Gasteiger partial charge on any atom is -0.475 e. The molecule has 6 heteroatoms. The standard InChI is InChI=1S/C12H17N5O/c1-8(2)18-11-7-9(3)13-12(15-11)14-10-5-6-17(4)16-10/h5-8H,1-4H3,(H,13,14,15,16). The predicted octanol–water partition coefficient (Wildman–Crippen LogP) is 2.05. The van der Waals surface area contributed by atoms with Crippen molar-refractivity contribution in [3.63, 3.8) is 0 Å². The van der Waals surface area contributed by atoms with Crippen LogP contribution in [0.2, 0.25) is 0 Å². The molecule has 0 radical (unpaired) electrons. The first-order valence-electron chi connectivity index (χ1n) is 5.82. The van der Waals surface area contributed by atoms with Crippen molar-refractivity contribution in [3.8, 4) is 5.88 Å². The zero-order valence-corrected chi connectivity index (χ0v) is 11.0. The first-order valence-corrected chi connectivity index (χ1v) is 5.82. The maximum absolute atomic E-state index is 5.56. The summed E-state index contributed by atoms with van der Waals surface area (Å²) in [7, 11) is 1.86. The Morgan fingerprint density at radius 3 is 2.72 bits per heavy atom. The fourth-order valence-corrected chi connectivity index (χ4v) is 1.49. The lowest BCUT2D eigenvalue weighted by molar-refractivity contribution is 0.232. The third kappa shape index (κ3) is 3.19.